The highest BCUT2D eigenvalue weighted by atomic mass is 19.2. The van der Waals surface area contributed by atoms with Crippen molar-refractivity contribution in [3.8, 4) is 0 Å². The Balaban J connectivity index is 1.81. The van der Waals surface area contributed by atoms with Crippen LogP contribution in [-0.4, -0.2) is 27.5 Å². The molecule has 1 unspecified atom stereocenters. The van der Waals surface area contributed by atoms with Crippen molar-refractivity contribution in [3.63, 3.8) is 0 Å². The van der Waals surface area contributed by atoms with Gasteiger partial charge in [-0.25, -0.2) is 13.2 Å². The molecule has 1 aliphatic rings. The molecule has 7 heteroatoms. The number of hydrogen-bond acceptors (Lipinski definition) is 2. The second-order valence-corrected chi connectivity index (χ2v) is 5.07. The van der Waals surface area contributed by atoms with E-state index in [2.05, 4.69) is 10.2 Å². The van der Waals surface area contributed by atoms with Crippen LogP contribution in [-0.2, 0) is 11.3 Å². The number of halogens is 3. The number of aromatic nitrogens is 2. The third kappa shape index (κ3) is 2.63. The Kier molecular flexibility index (Phi) is 3.40. The quantitative estimate of drug-likeness (QED) is 0.884. The third-order valence-corrected chi connectivity index (χ3v) is 3.60. The van der Waals surface area contributed by atoms with E-state index in [4.69, 9.17) is 0 Å². The molecule has 1 aromatic carbocycles. The van der Waals surface area contributed by atoms with Crippen LogP contribution in [0.1, 0.15) is 23.5 Å². The van der Waals surface area contributed by atoms with Gasteiger partial charge >= 0.3 is 0 Å². The summed E-state index contributed by atoms with van der Waals surface area (Å²) < 4.78 is 40.3. The number of carbonyl (C=O) groups is 1. The standard InChI is InChI=1S/C14H12F3N3O/c15-10-2-11(14(17)12(16)3-10)9-1-13(21)20(7-9)6-8-4-18-19-5-8/h2-5,9H,1,6-7H2,(H,18,19). The summed E-state index contributed by atoms with van der Waals surface area (Å²) >= 11 is 0. The van der Waals surface area contributed by atoms with Crippen LogP contribution in [0.2, 0.25) is 0 Å². The minimum Gasteiger partial charge on any atom is -0.338 e. The molecule has 0 spiro atoms. The molecule has 1 aromatic heterocycles. The molecule has 21 heavy (non-hydrogen) atoms. The predicted molar refractivity (Wildman–Crippen MR) is 67.7 cm³/mol. The lowest BCUT2D eigenvalue weighted by molar-refractivity contribution is -0.128. The van der Waals surface area contributed by atoms with Gasteiger partial charge in [0.25, 0.3) is 0 Å². The number of H-pyrrole nitrogens is 1. The molecule has 0 bridgehead atoms. The minimum absolute atomic E-state index is 0.0393. The second-order valence-electron chi connectivity index (χ2n) is 5.07. The largest absolute Gasteiger partial charge is 0.338 e. The topological polar surface area (TPSA) is 49.0 Å². The fourth-order valence-corrected chi connectivity index (χ4v) is 2.59. The SMILES string of the molecule is O=C1CC(c2cc(F)cc(F)c2F)CN1Cc1cn[nH]c1. The predicted octanol–water partition coefficient (Wildman–Crippen LogP) is 2.34. The van der Waals surface area contributed by atoms with Gasteiger partial charge in [-0.3, -0.25) is 9.89 Å². The van der Waals surface area contributed by atoms with E-state index in [1.54, 1.807) is 12.4 Å². The van der Waals surface area contributed by atoms with E-state index in [9.17, 15) is 18.0 Å². The number of rotatable bonds is 3. The number of hydrogen-bond donors (Lipinski definition) is 1. The molecule has 1 atom stereocenters. The Morgan fingerprint density at radius 3 is 2.86 bits per heavy atom. The molecular formula is C14H12F3N3O. The van der Waals surface area contributed by atoms with E-state index in [1.807, 2.05) is 0 Å². The molecule has 1 aliphatic heterocycles. The highest BCUT2D eigenvalue weighted by Gasteiger charge is 2.33. The zero-order valence-electron chi connectivity index (χ0n) is 10.9. The maximum absolute atomic E-state index is 13.8. The van der Waals surface area contributed by atoms with Crippen molar-refractivity contribution >= 4 is 5.91 Å². The Labute approximate surface area is 118 Å². The van der Waals surface area contributed by atoms with E-state index < -0.39 is 23.4 Å². The number of benzene rings is 1. The zero-order valence-corrected chi connectivity index (χ0v) is 10.9. The molecule has 2 heterocycles. The molecule has 1 fully saturated rings. The number of aromatic amines is 1. The normalized spacial score (nSPS) is 18.5. The first-order valence-corrected chi connectivity index (χ1v) is 6.44. The van der Waals surface area contributed by atoms with Gasteiger partial charge in [-0.1, -0.05) is 0 Å². The van der Waals surface area contributed by atoms with Crippen LogP contribution in [0.15, 0.2) is 24.5 Å². The fourth-order valence-electron chi connectivity index (χ4n) is 2.59. The van der Waals surface area contributed by atoms with Gasteiger partial charge < -0.3 is 4.90 Å². The monoisotopic (exact) mass is 295 g/mol. The fraction of sp³-hybridized carbons (Fsp3) is 0.286. The van der Waals surface area contributed by atoms with Crippen molar-refractivity contribution in [1.82, 2.24) is 15.1 Å². The van der Waals surface area contributed by atoms with Crippen molar-refractivity contribution in [2.45, 2.75) is 18.9 Å². The van der Waals surface area contributed by atoms with E-state index in [0.717, 1.165) is 11.6 Å². The molecule has 2 aromatic rings. The van der Waals surface area contributed by atoms with E-state index >= 15 is 0 Å². The van der Waals surface area contributed by atoms with Gasteiger partial charge in [0.2, 0.25) is 5.91 Å². The average molecular weight is 295 g/mol. The minimum atomic E-state index is -1.23. The van der Waals surface area contributed by atoms with Crippen molar-refractivity contribution < 1.29 is 18.0 Å². The molecule has 4 nitrogen and oxygen atoms in total. The van der Waals surface area contributed by atoms with Crippen LogP contribution in [0, 0.1) is 17.5 Å². The summed E-state index contributed by atoms with van der Waals surface area (Å²) in [5.74, 6) is -3.88. The van der Waals surface area contributed by atoms with E-state index in [1.165, 1.54) is 4.90 Å². The molecule has 0 aliphatic carbocycles. The Bertz CT molecular complexity index is 672. The summed E-state index contributed by atoms with van der Waals surface area (Å²) in [6.45, 7) is 0.565. The number of nitrogens with one attached hydrogen (secondary N) is 1. The summed E-state index contributed by atoms with van der Waals surface area (Å²) in [6, 6.07) is 1.45. The summed E-state index contributed by atoms with van der Waals surface area (Å²) in [6.07, 6.45) is 3.28. The van der Waals surface area contributed by atoms with Crippen LogP contribution in [0.5, 0.6) is 0 Å². The molecule has 1 amide bonds. The van der Waals surface area contributed by atoms with Gasteiger partial charge in [0.05, 0.1) is 6.20 Å². The van der Waals surface area contributed by atoms with Gasteiger partial charge in [-0.2, -0.15) is 5.10 Å². The molecule has 0 radical (unpaired) electrons. The van der Waals surface area contributed by atoms with Crippen LogP contribution in [0.25, 0.3) is 0 Å². The lowest BCUT2D eigenvalue weighted by atomic mass is 9.97. The molecule has 110 valence electrons. The Morgan fingerprint density at radius 2 is 2.14 bits per heavy atom. The number of nitrogens with zero attached hydrogens (tertiary/aromatic N) is 2. The molecule has 0 saturated carbocycles. The Morgan fingerprint density at radius 1 is 1.33 bits per heavy atom. The second kappa shape index (κ2) is 5.23. The highest BCUT2D eigenvalue weighted by molar-refractivity contribution is 5.79. The lowest BCUT2D eigenvalue weighted by Gasteiger charge is -2.16. The van der Waals surface area contributed by atoms with Crippen molar-refractivity contribution in [2.24, 2.45) is 0 Å². The summed E-state index contributed by atoms with van der Waals surface area (Å²) in [4.78, 5) is 13.5. The average Bonchev–Trinajstić information content (AvgIpc) is 3.05. The zero-order chi connectivity index (χ0) is 15.0. The maximum Gasteiger partial charge on any atom is 0.223 e. The molecule has 1 saturated heterocycles. The van der Waals surface area contributed by atoms with Crippen molar-refractivity contribution in [3.05, 3.63) is 53.1 Å². The van der Waals surface area contributed by atoms with Gasteiger partial charge in [-0.05, 0) is 11.6 Å². The van der Waals surface area contributed by atoms with Gasteiger partial charge in [-0.15, -0.1) is 0 Å². The first-order chi connectivity index (χ1) is 10.0. The van der Waals surface area contributed by atoms with Crippen LogP contribution in [0.3, 0.4) is 0 Å². The maximum atomic E-state index is 13.8. The first kappa shape index (κ1) is 13.7. The number of amides is 1. The third-order valence-electron chi connectivity index (χ3n) is 3.60. The first-order valence-electron chi connectivity index (χ1n) is 6.44. The van der Waals surface area contributed by atoms with Crippen molar-refractivity contribution in [2.75, 3.05) is 6.54 Å². The van der Waals surface area contributed by atoms with Gasteiger partial charge in [0.15, 0.2) is 11.6 Å². The van der Waals surface area contributed by atoms with E-state index in [0.29, 0.717) is 12.6 Å². The number of carbonyl (C=O) groups excluding carboxylic acids is 1. The molecule has 3 rings (SSSR count). The summed E-state index contributed by atoms with van der Waals surface area (Å²) in [7, 11) is 0. The van der Waals surface area contributed by atoms with Crippen molar-refractivity contribution in [1.29, 1.82) is 0 Å². The molecular weight excluding hydrogens is 283 g/mol. The van der Waals surface area contributed by atoms with Gasteiger partial charge in [0, 0.05) is 43.3 Å². The Hall–Kier alpha value is -2.31. The summed E-state index contributed by atoms with van der Waals surface area (Å²) in [5.41, 5.74) is 0.727. The molecule has 1 N–H and O–H groups in total. The van der Waals surface area contributed by atoms with Crippen LogP contribution >= 0.6 is 0 Å². The smallest absolute Gasteiger partial charge is 0.223 e. The highest BCUT2D eigenvalue weighted by Crippen LogP contribution is 2.32. The van der Waals surface area contributed by atoms with Gasteiger partial charge in [0.1, 0.15) is 5.82 Å². The lowest BCUT2D eigenvalue weighted by Crippen LogP contribution is -2.24. The summed E-state index contributed by atoms with van der Waals surface area (Å²) in [5, 5.41) is 6.42. The van der Waals surface area contributed by atoms with E-state index in [-0.39, 0.29) is 24.4 Å². The van der Waals surface area contributed by atoms with Crippen LogP contribution in [0.4, 0.5) is 13.2 Å². The van der Waals surface area contributed by atoms with Crippen LogP contribution < -0.4 is 0 Å². The number of likely N-dealkylation sites (tertiary alicyclic amines) is 1.